The van der Waals surface area contributed by atoms with Crippen LogP contribution in [0.1, 0.15) is 6.92 Å². The fourth-order valence-corrected chi connectivity index (χ4v) is 1.62. The van der Waals surface area contributed by atoms with E-state index in [0.29, 0.717) is 18.8 Å². The Hall–Kier alpha value is -1.91. The van der Waals surface area contributed by atoms with Gasteiger partial charge >= 0.3 is 0 Å². The molecule has 0 bridgehead atoms. The van der Waals surface area contributed by atoms with E-state index in [2.05, 4.69) is 10.4 Å². The number of nitrogens with one attached hydrogen (secondary N) is 1. The zero-order valence-electron chi connectivity index (χ0n) is 8.85. The Morgan fingerprint density at radius 2 is 2.19 bits per heavy atom. The summed E-state index contributed by atoms with van der Waals surface area (Å²) in [5.74, 6) is 0.529. The number of nitrogens with zero attached hydrogens (tertiary/aromatic N) is 2. The molecular formula is C11H12FN3O. The van der Waals surface area contributed by atoms with Crippen molar-refractivity contribution < 1.29 is 9.18 Å². The van der Waals surface area contributed by atoms with Gasteiger partial charge in [0, 0.05) is 5.92 Å². The van der Waals surface area contributed by atoms with Crippen molar-refractivity contribution in [2.45, 2.75) is 6.92 Å². The fraction of sp³-hybridized carbons (Fsp3) is 0.273. The number of rotatable bonds is 2. The maximum absolute atomic E-state index is 12.7. The lowest BCUT2D eigenvalue weighted by Gasteiger charge is -2.13. The maximum Gasteiger partial charge on any atom is 0.212 e. The van der Waals surface area contributed by atoms with Gasteiger partial charge in [-0.3, -0.25) is 9.80 Å². The Balaban J connectivity index is 2.18. The van der Waals surface area contributed by atoms with Crippen molar-refractivity contribution in [3.63, 3.8) is 0 Å². The molecule has 0 aliphatic carbocycles. The first-order chi connectivity index (χ1) is 7.70. The molecule has 1 heterocycles. The molecule has 4 nitrogen and oxygen atoms in total. The first-order valence-electron chi connectivity index (χ1n) is 5.02. The normalized spacial score (nSPS) is 19.5. The molecule has 1 amide bonds. The van der Waals surface area contributed by atoms with E-state index in [1.807, 2.05) is 6.92 Å². The van der Waals surface area contributed by atoms with Gasteiger partial charge in [0.2, 0.25) is 6.41 Å². The second-order valence-electron chi connectivity index (χ2n) is 3.71. The van der Waals surface area contributed by atoms with Crippen molar-refractivity contribution in [2.24, 2.45) is 11.0 Å². The monoisotopic (exact) mass is 221 g/mol. The Morgan fingerprint density at radius 3 is 2.81 bits per heavy atom. The molecule has 5 heteroatoms. The standard InChI is InChI=1S/C11H12FN3O/c1-8-6-15(14-11(8)13-7-16)10-4-2-9(12)3-5-10/h2-5,7-8H,6H2,1H3,(H,13,14,16). The summed E-state index contributed by atoms with van der Waals surface area (Å²) in [6.45, 7) is 2.65. The minimum Gasteiger partial charge on any atom is -0.315 e. The lowest BCUT2D eigenvalue weighted by molar-refractivity contribution is -0.108. The van der Waals surface area contributed by atoms with Crippen molar-refractivity contribution in [1.29, 1.82) is 0 Å². The molecule has 1 atom stereocenters. The highest BCUT2D eigenvalue weighted by molar-refractivity contribution is 5.94. The summed E-state index contributed by atoms with van der Waals surface area (Å²) in [5.41, 5.74) is 0.816. The summed E-state index contributed by atoms with van der Waals surface area (Å²) in [6.07, 6.45) is 0.615. The predicted octanol–water partition coefficient (Wildman–Crippen LogP) is 1.34. The maximum atomic E-state index is 12.7. The van der Waals surface area contributed by atoms with Crippen LogP contribution in [0.15, 0.2) is 29.4 Å². The van der Waals surface area contributed by atoms with E-state index in [9.17, 15) is 9.18 Å². The van der Waals surface area contributed by atoms with Crippen LogP contribution in [0, 0.1) is 11.7 Å². The minimum atomic E-state index is -0.272. The van der Waals surface area contributed by atoms with Gasteiger partial charge in [-0.2, -0.15) is 5.10 Å². The lowest BCUT2D eigenvalue weighted by Crippen LogP contribution is -2.26. The van der Waals surface area contributed by atoms with E-state index in [4.69, 9.17) is 0 Å². The number of amidine groups is 1. The average Bonchev–Trinajstić information content (AvgIpc) is 2.62. The zero-order chi connectivity index (χ0) is 11.5. The molecule has 1 aromatic rings. The van der Waals surface area contributed by atoms with Crippen molar-refractivity contribution in [3.8, 4) is 0 Å². The molecule has 1 unspecified atom stereocenters. The van der Waals surface area contributed by atoms with Crippen molar-refractivity contribution in [3.05, 3.63) is 30.1 Å². The molecular weight excluding hydrogens is 209 g/mol. The van der Waals surface area contributed by atoms with E-state index in [0.717, 1.165) is 5.69 Å². The van der Waals surface area contributed by atoms with Crippen LogP contribution in [0.2, 0.25) is 0 Å². The summed E-state index contributed by atoms with van der Waals surface area (Å²) in [4.78, 5) is 10.3. The van der Waals surface area contributed by atoms with Gasteiger partial charge in [0.25, 0.3) is 0 Å². The molecule has 1 aliphatic rings. The number of anilines is 1. The van der Waals surface area contributed by atoms with Crippen molar-refractivity contribution in [2.75, 3.05) is 11.6 Å². The highest BCUT2D eigenvalue weighted by atomic mass is 19.1. The summed E-state index contributed by atoms with van der Waals surface area (Å²) >= 11 is 0. The van der Waals surface area contributed by atoms with E-state index < -0.39 is 0 Å². The van der Waals surface area contributed by atoms with Crippen LogP contribution < -0.4 is 10.3 Å². The molecule has 0 aromatic heterocycles. The van der Waals surface area contributed by atoms with Crippen LogP contribution in [0.3, 0.4) is 0 Å². The molecule has 0 radical (unpaired) electrons. The van der Waals surface area contributed by atoms with E-state index in [1.54, 1.807) is 17.1 Å². The second-order valence-corrected chi connectivity index (χ2v) is 3.71. The van der Waals surface area contributed by atoms with Crippen LogP contribution in [-0.2, 0) is 4.79 Å². The van der Waals surface area contributed by atoms with Crippen LogP contribution in [0.25, 0.3) is 0 Å². The molecule has 0 spiro atoms. The van der Waals surface area contributed by atoms with Crippen LogP contribution in [-0.4, -0.2) is 18.8 Å². The van der Waals surface area contributed by atoms with E-state index in [-0.39, 0.29) is 11.7 Å². The smallest absolute Gasteiger partial charge is 0.212 e. The number of carbonyl (C=O) groups excluding carboxylic acids is 1. The zero-order valence-corrected chi connectivity index (χ0v) is 8.85. The molecule has 84 valence electrons. The van der Waals surface area contributed by atoms with Gasteiger partial charge < -0.3 is 5.32 Å². The summed E-state index contributed by atoms with van der Waals surface area (Å²) in [5, 5.41) is 8.55. The van der Waals surface area contributed by atoms with Gasteiger partial charge in [-0.25, -0.2) is 4.39 Å². The Kier molecular flexibility index (Phi) is 2.85. The topological polar surface area (TPSA) is 44.7 Å². The summed E-state index contributed by atoms with van der Waals surface area (Å²) in [6, 6.07) is 6.10. The summed E-state index contributed by atoms with van der Waals surface area (Å²) < 4.78 is 12.7. The highest BCUT2D eigenvalue weighted by Crippen LogP contribution is 2.21. The Bertz CT molecular complexity index is 416. The predicted molar refractivity (Wildman–Crippen MR) is 59.5 cm³/mol. The molecule has 0 saturated carbocycles. The van der Waals surface area contributed by atoms with E-state index in [1.165, 1.54) is 12.1 Å². The van der Waals surface area contributed by atoms with Gasteiger partial charge in [0.15, 0.2) is 0 Å². The highest BCUT2D eigenvalue weighted by Gasteiger charge is 2.23. The number of halogens is 1. The minimum absolute atomic E-state index is 0.162. The lowest BCUT2D eigenvalue weighted by atomic mass is 10.1. The van der Waals surface area contributed by atoms with Crippen molar-refractivity contribution >= 4 is 17.9 Å². The van der Waals surface area contributed by atoms with Gasteiger partial charge in [0.05, 0.1) is 12.2 Å². The first kappa shape index (κ1) is 10.6. The number of hydrogen-bond donors (Lipinski definition) is 1. The summed E-state index contributed by atoms with van der Waals surface area (Å²) in [7, 11) is 0. The first-order valence-corrected chi connectivity index (χ1v) is 5.02. The van der Waals surface area contributed by atoms with Crippen LogP contribution in [0.5, 0.6) is 0 Å². The Labute approximate surface area is 92.8 Å². The van der Waals surface area contributed by atoms with E-state index >= 15 is 0 Å². The fourth-order valence-electron chi connectivity index (χ4n) is 1.62. The third-order valence-electron chi connectivity index (χ3n) is 2.47. The SMILES string of the molecule is CC1CN(c2ccc(F)cc2)N=C1NC=O. The van der Waals surface area contributed by atoms with Gasteiger partial charge in [-0.15, -0.1) is 0 Å². The largest absolute Gasteiger partial charge is 0.315 e. The number of benzene rings is 1. The third kappa shape index (κ3) is 2.03. The number of hydrogen-bond acceptors (Lipinski definition) is 3. The van der Waals surface area contributed by atoms with Gasteiger partial charge in [0.1, 0.15) is 11.7 Å². The van der Waals surface area contributed by atoms with Gasteiger partial charge in [-0.05, 0) is 24.3 Å². The van der Waals surface area contributed by atoms with Crippen molar-refractivity contribution in [1.82, 2.24) is 5.32 Å². The molecule has 1 N–H and O–H groups in total. The third-order valence-corrected chi connectivity index (χ3v) is 2.47. The van der Waals surface area contributed by atoms with Crippen LogP contribution >= 0.6 is 0 Å². The van der Waals surface area contributed by atoms with Crippen LogP contribution in [0.4, 0.5) is 10.1 Å². The molecule has 2 rings (SSSR count). The molecule has 1 aromatic carbocycles. The Morgan fingerprint density at radius 1 is 1.50 bits per heavy atom. The molecule has 0 saturated heterocycles. The number of hydrazone groups is 1. The second kappa shape index (κ2) is 4.30. The molecule has 1 aliphatic heterocycles. The van der Waals surface area contributed by atoms with Gasteiger partial charge in [-0.1, -0.05) is 6.92 Å². The number of amides is 1. The average molecular weight is 221 g/mol. The molecule has 0 fully saturated rings. The molecule has 16 heavy (non-hydrogen) atoms. The quantitative estimate of drug-likeness (QED) is 0.766. The number of carbonyl (C=O) groups is 1.